The third-order valence-corrected chi connectivity index (χ3v) is 5.96. The zero-order chi connectivity index (χ0) is 21.6. The molecule has 0 spiro atoms. The van der Waals surface area contributed by atoms with Crippen molar-refractivity contribution in [3.8, 4) is 11.5 Å². The third-order valence-electron chi connectivity index (χ3n) is 5.96. The van der Waals surface area contributed by atoms with Gasteiger partial charge in [-0.15, -0.1) is 0 Å². The van der Waals surface area contributed by atoms with Gasteiger partial charge in [0.05, 0.1) is 30.8 Å². The summed E-state index contributed by atoms with van der Waals surface area (Å²) < 4.78 is 13.4. The number of hydrogen-bond acceptors (Lipinski definition) is 4. The van der Waals surface area contributed by atoms with E-state index in [4.69, 9.17) is 14.5 Å². The van der Waals surface area contributed by atoms with Crippen molar-refractivity contribution in [1.82, 2.24) is 14.5 Å². The van der Waals surface area contributed by atoms with Crippen molar-refractivity contribution in [2.24, 2.45) is 0 Å². The van der Waals surface area contributed by atoms with E-state index in [-0.39, 0.29) is 11.9 Å². The second kappa shape index (κ2) is 9.86. The van der Waals surface area contributed by atoms with E-state index in [1.165, 1.54) is 0 Å². The molecule has 0 N–H and O–H groups in total. The number of imidazole rings is 1. The quantitative estimate of drug-likeness (QED) is 0.457. The molecule has 1 atom stereocenters. The van der Waals surface area contributed by atoms with E-state index < -0.39 is 0 Å². The second-order valence-corrected chi connectivity index (χ2v) is 7.94. The predicted octanol–water partition coefficient (Wildman–Crippen LogP) is 4.98. The van der Waals surface area contributed by atoms with Crippen LogP contribution in [0, 0.1) is 0 Å². The van der Waals surface area contributed by atoms with Crippen molar-refractivity contribution in [3.05, 3.63) is 54.4 Å². The number of para-hydroxylation sites is 2. The number of fused-ring (bicyclic) bond motifs is 1. The number of nitrogens with zero attached hydrogens (tertiary/aromatic N) is 3. The third kappa shape index (κ3) is 4.68. The van der Waals surface area contributed by atoms with Gasteiger partial charge in [-0.2, -0.15) is 0 Å². The fourth-order valence-corrected chi connectivity index (χ4v) is 4.35. The van der Waals surface area contributed by atoms with Gasteiger partial charge in [-0.25, -0.2) is 4.98 Å². The van der Waals surface area contributed by atoms with E-state index >= 15 is 0 Å². The molecule has 3 aromatic rings. The summed E-state index contributed by atoms with van der Waals surface area (Å²) in [6, 6.07) is 16.0. The lowest BCUT2D eigenvalue weighted by atomic mass is 10.2. The van der Waals surface area contributed by atoms with E-state index in [1.807, 2.05) is 42.2 Å². The lowest BCUT2D eigenvalue weighted by Gasteiger charge is -2.25. The number of unbranched alkanes of at least 4 members (excludes halogenated alkanes) is 1. The molecule has 1 unspecified atom stereocenters. The number of carbonyl (C=O) groups is 1. The molecule has 1 fully saturated rings. The highest BCUT2D eigenvalue weighted by molar-refractivity contribution is 5.78. The molecule has 2 heterocycles. The first-order valence-corrected chi connectivity index (χ1v) is 11.2. The Kier molecular flexibility index (Phi) is 6.75. The van der Waals surface area contributed by atoms with Crippen molar-refractivity contribution in [2.75, 3.05) is 20.3 Å². The standard InChI is InChI=1S/C25H31N3O3/c1-3-24(29)27-17-8-11-23(27)25-26-21-9-4-5-10-22(21)28(25)16-6-7-18-31-20-14-12-19(30-2)13-15-20/h4-5,9-10,12-15,23H,3,6-8,11,16-18H2,1-2H3. The number of ether oxygens (including phenoxy) is 2. The molecule has 2 aromatic carbocycles. The second-order valence-electron chi connectivity index (χ2n) is 7.94. The van der Waals surface area contributed by atoms with Crippen LogP contribution in [0.3, 0.4) is 0 Å². The minimum Gasteiger partial charge on any atom is -0.497 e. The zero-order valence-corrected chi connectivity index (χ0v) is 18.4. The number of carbonyl (C=O) groups excluding carboxylic acids is 1. The van der Waals surface area contributed by atoms with Gasteiger partial charge in [-0.05, 0) is 62.1 Å². The van der Waals surface area contributed by atoms with E-state index in [9.17, 15) is 4.79 Å². The van der Waals surface area contributed by atoms with E-state index in [1.54, 1.807) is 7.11 Å². The average Bonchev–Trinajstić information content (AvgIpc) is 3.43. The first-order chi connectivity index (χ1) is 15.2. The average molecular weight is 422 g/mol. The highest BCUT2D eigenvalue weighted by Crippen LogP contribution is 2.34. The molecule has 0 aliphatic carbocycles. The SMILES string of the molecule is CCC(=O)N1CCCC1c1nc2ccccc2n1CCCCOc1ccc(OC)cc1. The monoisotopic (exact) mass is 421 g/mol. The molecule has 0 bridgehead atoms. The molecule has 4 rings (SSSR count). The molecule has 1 amide bonds. The highest BCUT2D eigenvalue weighted by atomic mass is 16.5. The van der Waals surface area contributed by atoms with Crippen molar-refractivity contribution in [2.45, 2.75) is 51.6 Å². The van der Waals surface area contributed by atoms with Crippen LogP contribution in [0.1, 0.15) is 50.9 Å². The van der Waals surface area contributed by atoms with Gasteiger partial charge < -0.3 is 18.9 Å². The number of benzene rings is 2. The van der Waals surface area contributed by atoms with Crippen LogP contribution < -0.4 is 9.47 Å². The highest BCUT2D eigenvalue weighted by Gasteiger charge is 2.32. The van der Waals surface area contributed by atoms with Crippen LogP contribution in [0.25, 0.3) is 11.0 Å². The Morgan fingerprint density at radius 3 is 2.65 bits per heavy atom. The number of amides is 1. The lowest BCUT2D eigenvalue weighted by Crippen LogP contribution is -2.31. The van der Waals surface area contributed by atoms with Crippen molar-refractivity contribution in [3.63, 3.8) is 0 Å². The fourth-order valence-electron chi connectivity index (χ4n) is 4.35. The largest absolute Gasteiger partial charge is 0.497 e. The fraction of sp³-hybridized carbons (Fsp3) is 0.440. The molecular weight excluding hydrogens is 390 g/mol. The minimum absolute atomic E-state index is 0.0791. The van der Waals surface area contributed by atoms with Crippen molar-refractivity contribution >= 4 is 16.9 Å². The molecule has 1 saturated heterocycles. The van der Waals surface area contributed by atoms with Crippen LogP contribution in [0.15, 0.2) is 48.5 Å². The molecule has 1 aliphatic rings. The molecule has 164 valence electrons. The zero-order valence-electron chi connectivity index (χ0n) is 18.4. The van der Waals surface area contributed by atoms with Crippen LogP contribution in [-0.4, -0.2) is 40.6 Å². The van der Waals surface area contributed by atoms with Gasteiger partial charge in [-0.3, -0.25) is 4.79 Å². The van der Waals surface area contributed by atoms with Crippen molar-refractivity contribution < 1.29 is 14.3 Å². The number of aromatic nitrogens is 2. The van der Waals surface area contributed by atoms with Gasteiger partial charge in [0.25, 0.3) is 0 Å². The van der Waals surface area contributed by atoms with Crippen LogP contribution in [0.5, 0.6) is 11.5 Å². The van der Waals surface area contributed by atoms with Gasteiger partial charge in [0.15, 0.2) is 0 Å². The maximum atomic E-state index is 12.5. The van der Waals surface area contributed by atoms with Gasteiger partial charge in [0.1, 0.15) is 17.3 Å². The van der Waals surface area contributed by atoms with Gasteiger partial charge in [0, 0.05) is 19.5 Å². The summed E-state index contributed by atoms with van der Waals surface area (Å²) in [5.41, 5.74) is 2.15. The van der Waals surface area contributed by atoms with E-state index in [0.717, 1.165) is 67.1 Å². The molecule has 6 nitrogen and oxygen atoms in total. The summed E-state index contributed by atoms with van der Waals surface area (Å²) >= 11 is 0. The first-order valence-electron chi connectivity index (χ1n) is 11.2. The summed E-state index contributed by atoms with van der Waals surface area (Å²) in [6.07, 6.45) is 4.49. The summed E-state index contributed by atoms with van der Waals surface area (Å²) in [5.74, 6) is 2.93. The predicted molar refractivity (Wildman–Crippen MR) is 121 cm³/mol. The Morgan fingerprint density at radius 1 is 1.10 bits per heavy atom. The molecule has 6 heteroatoms. The van der Waals surface area contributed by atoms with Gasteiger partial charge in [0.2, 0.25) is 5.91 Å². The minimum atomic E-state index is 0.0791. The molecule has 1 aliphatic heterocycles. The molecular formula is C25H31N3O3. The molecule has 31 heavy (non-hydrogen) atoms. The Labute approximate surface area is 183 Å². The number of hydrogen-bond donors (Lipinski definition) is 0. The molecule has 1 aromatic heterocycles. The van der Waals surface area contributed by atoms with Crippen LogP contribution in [-0.2, 0) is 11.3 Å². The summed E-state index contributed by atoms with van der Waals surface area (Å²) in [5, 5.41) is 0. The van der Waals surface area contributed by atoms with Gasteiger partial charge in [-0.1, -0.05) is 19.1 Å². The topological polar surface area (TPSA) is 56.6 Å². The van der Waals surface area contributed by atoms with E-state index in [0.29, 0.717) is 13.0 Å². The van der Waals surface area contributed by atoms with Crippen molar-refractivity contribution in [1.29, 1.82) is 0 Å². The first kappa shape index (κ1) is 21.2. The van der Waals surface area contributed by atoms with E-state index in [2.05, 4.69) is 22.8 Å². The maximum Gasteiger partial charge on any atom is 0.222 e. The number of rotatable bonds is 9. The molecule has 0 radical (unpaired) electrons. The van der Waals surface area contributed by atoms with Crippen LogP contribution in [0.4, 0.5) is 0 Å². The normalized spacial score (nSPS) is 16.1. The Morgan fingerprint density at radius 2 is 1.87 bits per heavy atom. The van der Waals surface area contributed by atoms with Crippen LogP contribution in [0.2, 0.25) is 0 Å². The smallest absolute Gasteiger partial charge is 0.222 e. The Bertz CT molecular complexity index is 1010. The summed E-state index contributed by atoms with van der Waals surface area (Å²) in [7, 11) is 1.66. The number of likely N-dealkylation sites (tertiary alicyclic amines) is 1. The molecule has 0 saturated carbocycles. The maximum absolute atomic E-state index is 12.5. The lowest BCUT2D eigenvalue weighted by molar-refractivity contribution is -0.131. The summed E-state index contributed by atoms with van der Waals surface area (Å²) in [6.45, 7) is 4.30. The number of aryl methyl sites for hydroxylation is 1. The number of methoxy groups -OCH3 is 1. The van der Waals surface area contributed by atoms with Crippen LogP contribution >= 0.6 is 0 Å². The summed E-state index contributed by atoms with van der Waals surface area (Å²) in [4.78, 5) is 19.4. The Hall–Kier alpha value is -3.02. The van der Waals surface area contributed by atoms with Gasteiger partial charge >= 0.3 is 0 Å². The Balaban J connectivity index is 1.43.